The highest BCUT2D eigenvalue weighted by Crippen LogP contribution is 2.29. The maximum atomic E-state index is 12.5. The number of piperidine rings is 1. The topological polar surface area (TPSA) is 89.3 Å². The molecule has 3 unspecified atom stereocenters. The lowest BCUT2D eigenvalue weighted by Gasteiger charge is -2.37. The first-order valence-electron chi connectivity index (χ1n) is 8.42. The summed E-state index contributed by atoms with van der Waals surface area (Å²) in [6, 6.07) is 7.42. The van der Waals surface area contributed by atoms with E-state index >= 15 is 0 Å². The summed E-state index contributed by atoms with van der Waals surface area (Å²) in [5, 5.41) is 10.1. The third-order valence-electron chi connectivity index (χ3n) is 4.59. The zero-order valence-corrected chi connectivity index (χ0v) is 13.9. The summed E-state index contributed by atoms with van der Waals surface area (Å²) in [6.07, 6.45) is 5.23. The molecule has 2 aromatic rings. The van der Waals surface area contributed by atoms with Gasteiger partial charge in [0.2, 0.25) is 5.91 Å². The van der Waals surface area contributed by atoms with E-state index in [-0.39, 0.29) is 24.5 Å². The second-order valence-electron chi connectivity index (χ2n) is 6.46. The predicted molar refractivity (Wildman–Crippen MR) is 91.0 cm³/mol. The highest BCUT2D eigenvalue weighted by atomic mass is 16.5. The van der Waals surface area contributed by atoms with Crippen molar-refractivity contribution in [1.82, 2.24) is 15.5 Å². The number of nitrogens with one attached hydrogen (secondary N) is 2. The SMILES string of the molecule is Cc1noc(COc2ccc(NC(=O)C3CC4C=CC3NC4)cc2)n1. The van der Waals surface area contributed by atoms with Crippen molar-refractivity contribution >= 4 is 11.6 Å². The fraction of sp³-hybridized carbons (Fsp3) is 0.389. The Morgan fingerprint density at radius 2 is 2.20 bits per heavy atom. The van der Waals surface area contributed by atoms with E-state index in [4.69, 9.17) is 9.26 Å². The molecule has 7 heteroatoms. The van der Waals surface area contributed by atoms with Gasteiger partial charge in [0.1, 0.15) is 5.75 Å². The smallest absolute Gasteiger partial charge is 0.264 e. The number of hydrogen-bond acceptors (Lipinski definition) is 6. The molecule has 3 aliphatic rings. The summed E-state index contributed by atoms with van der Waals surface area (Å²) in [5.41, 5.74) is 0.761. The molecule has 0 radical (unpaired) electrons. The number of aryl methyl sites for hydroxylation is 1. The number of fused-ring (bicyclic) bond motifs is 2. The first-order chi connectivity index (χ1) is 12.2. The minimum atomic E-state index is -0.0135. The van der Waals surface area contributed by atoms with Crippen LogP contribution in [0.4, 0.5) is 5.69 Å². The monoisotopic (exact) mass is 340 g/mol. The number of nitrogens with zero attached hydrogens (tertiary/aromatic N) is 2. The highest BCUT2D eigenvalue weighted by molar-refractivity contribution is 5.93. The first kappa shape index (κ1) is 15.8. The fourth-order valence-electron chi connectivity index (χ4n) is 3.29. The van der Waals surface area contributed by atoms with Crippen LogP contribution in [0.15, 0.2) is 40.9 Å². The van der Waals surface area contributed by atoms with E-state index in [9.17, 15) is 4.79 Å². The number of ether oxygens (including phenoxy) is 1. The lowest BCUT2D eigenvalue weighted by molar-refractivity contribution is -0.121. The average Bonchev–Trinajstić information content (AvgIpc) is 3.07. The van der Waals surface area contributed by atoms with Crippen LogP contribution >= 0.6 is 0 Å². The van der Waals surface area contributed by atoms with Gasteiger partial charge in [0.25, 0.3) is 5.89 Å². The second kappa shape index (κ2) is 6.68. The number of benzene rings is 1. The summed E-state index contributed by atoms with van der Waals surface area (Å²) < 4.78 is 10.6. The number of rotatable bonds is 5. The maximum absolute atomic E-state index is 12.5. The number of amides is 1. The van der Waals surface area contributed by atoms with Gasteiger partial charge in [0, 0.05) is 18.3 Å². The molecule has 1 aliphatic carbocycles. The molecule has 2 bridgehead atoms. The number of carbonyl (C=O) groups is 1. The van der Waals surface area contributed by atoms with Crippen molar-refractivity contribution in [1.29, 1.82) is 0 Å². The maximum Gasteiger partial charge on any atom is 0.264 e. The molecule has 2 aliphatic heterocycles. The van der Waals surface area contributed by atoms with Crippen molar-refractivity contribution in [2.75, 3.05) is 11.9 Å². The molecule has 1 saturated heterocycles. The van der Waals surface area contributed by atoms with Crippen LogP contribution in [0.1, 0.15) is 18.1 Å². The van der Waals surface area contributed by atoms with Crippen LogP contribution in [0.5, 0.6) is 5.75 Å². The zero-order chi connectivity index (χ0) is 17.2. The van der Waals surface area contributed by atoms with Crippen LogP contribution in [0.2, 0.25) is 0 Å². The van der Waals surface area contributed by atoms with Gasteiger partial charge in [-0.05, 0) is 43.5 Å². The first-order valence-corrected chi connectivity index (χ1v) is 8.42. The molecule has 3 atom stereocenters. The molecular formula is C18H20N4O3. The Hall–Kier alpha value is -2.67. The Balaban J connectivity index is 1.32. The Morgan fingerprint density at radius 1 is 1.36 bits per heavy atom. The van der Waals surface area contributed by atoms with Gasteiger partial charge in [-0.1, -0.05) is 17.3 Å². The van der Waals surface area contributed by atoms with Gasteiger partial charge in [0.15, 0.2) is 12.4 Å². The van der Waals surface area contributed by atoms with Gasteiger partial charge in [-0.25, -0.2) is 0 Å². The van der Waals surface area contributed by atoms with Crippen LogP contribution < -0.4 is 15.4 Å². The molecular weight excluding hydrogens is 320 g/mol. The van der Waals surface area contributed by atoms with E-state index in [0.717, 1.165) is 18.7 Å². The molecule has 130 valence electrons. The standard InChI is InChI=1S/C18H20N4O3/c1-11-20-17(25-22-11)10-24-14-5-3-13(4-6-14)21-18(23)15-8-12-2-7-16(15)19-9-12/h2-7,12,15-16,19H,8-10H2,1H3,(H,21,23). The minimum Gasteiger partial charge on any atom is -0.484 e. The Bertz CT molecular complexity index is 784. The fourth-order valence-corrected chi connectivity index (χ4v) is 3.29. The Kier molecular flexibility index (Phi) is 4.23. The van der Waals surface area contributed by atoms with Gasteiger partial charge < -0.3 is 19.9 Å². The van der Waals surface area contributed by atoms with E-state index in [0.29, 0.717) is 23.4 Å². The van der Waals surface area contributed by atoms with E-state index in [1.165, 1.54) is 0 Å². The van der Waals surface area contributed by atoms with Gasteiger partial charge in [0.05, 0.1) is 5.92 Å². The summed E-state index contributed by atoms with van der Waals surface area (Å²) >= 11 is 0. The summed E-state index contributed by atoms with van der Waals surface area (Å²) in [4.78, 5) is 16.6. The number of hydrogen-bond donors (Lipinski definition) is 2. The number of aromatic nitrogens is 2. The van der Waals surface area contributed by atoms with Crippen molar-refractivity contribution in [3.63, 3.8) is 0 Å². The molecule has 1 aromatic heterocycles. The van der Waals surface area contributed by atoms with Crippen molar-refractivity contribution in [2.45, 2.75) is 26.0 Å². The molecule has 1 aromatic carbocycles. The van der Waals surface area contributed by atoms with E-state index < -0.39 is 0 Å². The quantitative estimate of drug-likeness (QED) is 0.810. The van der Waals surface area contributed by atoms with E-state index in [2.05, 4.69) is 32.9 Å². The van der Waals surface area contributed by atoms with Crippen LogP contribution in [-0.4, -0.2) is 28.6 Å². The molecule has 1 amide bonds. The van der Waals surface area contributed by atoms with Crippen molar-refractivity contribution in [3.05, 3.63) is 48.1 Å². The largest absolute Gasteiger partial charge is 0.484 e. The third-order valence-corrected chi connectivity index (χ3v) is 4.59. The van der Waals surface area contributed by atoms with Gasteiger partial charge in [-0.2, -0.15) is 4.98 Å². The predicted octanol–water partition coefficient (Wildman–Crippen LogP) is 2.06. The van der Waals surface area contributed by atoms with Crippen molar-refractivity contribution in [3.8, 4) is 5.75 Å². The molecule has 3 heterocycles. The van der Waals surface area contributed by atoms with E-state index in [1.807, 2.05) is 24.3 Å². The molecule has 0 saturated carbocycles. The van der Waals surface area contributed by atoms with Gasteiger partial charge in [-0.3, -0.25) is 4.79 Å². The summed E-state index contributed by atoms with van der Waals surface area (Å²) in [5.74, 6) is 2.20. The number of carbonyl (C=O) groups excluding carboxylic acids is 1. The summed E-state index contributed by atoms with van der Waals surface area (Å²) in [7, 11) is 0. The highest BCUT2D eigenvalue weighted by Gasteiger charge is 2.36. The van der Waals surface area contributed by atoms with E-state index in [1.54, 1.807) is 6.92 Å². The van der Waals surface area contributed by atoms with Crippen molar-refractivity contribution < 1.29 is 14.1 Å². The van der Waals surface area contributed by atoms with Crippen LogP contribution in [-0.2, 0) is 11.4 Å². The normalized spacial score (nSPS) is 24.3. The average molecular weight is 340 g/mol. The molecule has 2 N–H and O–H groups in total. The lowest BCUT2D eigenvalue weighted by Crippen LogP contribution is -2.51. The van der Waals surface area contributed by atoms with Gasteiger partial charge >= 0.3 is 0 Å². The van der Waals surface area contributed by atoms with Crippen molar-refractivity contribution in [2.24, 2.45) is 11.8 Å². The lowest BCUT2D eigenvalue weighted by atomic mass is 9.78. The minimum absolute atomic E-state index is 0.0135. The third kappa shape index (κ3) is 3.56. The molecule has 7 nitrogen and oxygen atoms in total. The zero-order valence-electron chi connectivity index (χ0n) is 13.9. The second-order valence-corrected chi connectivity index (χ2v) is 6.46. The molecule has 25 heavy (non-hydrogen) atoms. The summed E-state index contributed by atoms with van der Waals surface area (Å²) in [6.45, 7) is 2.94. The molecule has 1 fully saturated rings. The van der Waals surface area contributed by atoms with Crippen LogP contribution in [0, 0.1) is 18.8 Å². The van der Waals surface area contributed by atoms with Crippen LogP contribution in [0.25, 0.3) is 0 Å². The van der Waals surface area contributed by atoms with Gasteiger partial charge in [-0.15, -0.1) is 0 Å². The Morgan fingerprint density at radius 3 is 2.80 bits per heavy atom. The molecule has 5 rings (SSSR count). The Labute approximate surface area is 145 Å². The van der Waals surface area contributed by atoms with Crippen LogP contribution in [0.3, 0.4) is 0 Å². The molecule has 0 spiro atoms. The number of anilines is 1.